The quantitative estimate of drug-likeness (QED) is 0.721. The largest absolute Gasteiger partial charge is 0.394 e. The van der Waals surface area contributed by atoms with Crippen molar-refractivity contribution >= 4 is 5.91 Å². The molecule has 0 radical (unpaired) electrons. The lowest BCUT2D eigenvalue weighted by molar-refractivity contribution is -0.123. The number of nitrogens with one attached hydrogen (secondary N) is 1. The van der Waals surface area contributed by atoms with E-state index in [0.29, 0.717) is 6.54 Å². The second-order valence-corrected chi connectivity index (χ2v) is 5.33. The second kappa shape index (κ2) is 7.38. The summed E-state index contributed by atoms with van der Waals surface area (Å²) in [6.07, 6.45) is 1.88. The van der Waals surface area contributed by atoms with Gasteiger partial charge in [0.25, 0.3) is 0 Å². The molecule has 1 unspecified atom stereocenters. The van der Waals surface area contributed by atoms with Crippen LogP contribution < -0.4 is 11.1 Å². The molecule has 20 heavy (non-hydrogen) atoms. The topological polar surface area (TPSA) is 78.6 Å². The maximum Gasteiger partial charge on any atom is 0.234 e. The molecule has 1 heterocycles. The van der Waals surface area contributed by atoms with E-state index in [4.69, 9.17) is 5.73 Å². The zero-order valence-corrected chi connectivity index (χ0v) is 11.7. The summed E-state index contributed by atoms with van der Waals surface area (Å²) in [5, 5.41) is 12.3. The number of aliphatic hydroxyl groups is 1. The molecule has 0 spiro atoms. The van der Waals surface area contributed by atoms with Gasteiger partial charge in [0.1, 0.15) is 0 Å². The van der Waals surface area contributed by atoms with Gasteiger partial charge in [0.2, 0.25) is 5.91 Å². The molecule has 5 heteroatoms. The van der Waals surface area contributed by atoms with Crippen LogP contribution in [0.25, 0.3) is 0 Å². The molecule has 0 aromatic heterocycles. The van der Waals surface area contributed by atoms with Crippen LogP contribution in [0.15, 0.2) is 30.3 Å². The average Bonchev–Trinajstić information content (AvgIpc) is 2.48. The number of nitrogens with zero attached hydrogens (tertiary/aromatic N) is 1. The number of nitrogens with two attached hydrogens (primary N) is 1. The van der Waals surface area contributed by atoms with E-state index in [9.17, 15) is 9.90 Å². The van der Waals surface area contributed by atoms with Crippen LogP contribution >= 0.6 is 0 Å². The molecule has 1 aromatic carbocycles. The summed E-state index contributed by atoms with van der Waals surface area (Å²) < 4.78 is 0. The van der Waals surface area contributed by atoms with Crippen molar-refractivity contribution in [3.63, 3.8) is 0 Å². The molecular weight excluding hydrogens is 254 g/mol. The normalized spacial score (nSPS) is 18.7. The summed E-state index contributed by atoms with van der Waals surface area (Å²) in [6.45, 7) is 2.00. The molecule has 2 rings (SSSR count). The summed E-state index contributed by atoms with van der Waals surface area (Å²) in [7, 11) is 0. The van der Waals surface area contributed by atoms with Gasteiger partial charge in [-0.2, -0.15) is 0 Å². The summed E-state index contributed by atoms with van der Waals surface area (Å²) in [5.74, 6) is -0.0524. The molecule has 0 saturated carbocycles. The molecule has 0 aliphatic carbocycles. The number of likely N-dealkylation sites (tertiary alicyclic amines) is 1. The summed E-state index contributed by atoms with van der Waals surface area (Å²) >= 11 is 0. The Balaban J connectivity index is 1.84. The molecular formula is C15H23N3O2. The molecule has 1 fully saturated rings. The molecule has 1 aliphatic rings. The number of hydrogen-bond acceptors (Lipinski definition) is 4. The fourth-order valence-electron chi connectivity index (χ4n) is 2.47. The number of carbonyl (C=O) groups excluding carboxylic acids is 1. The third kappa shape index (κ3) is 4.30. The second-order valence-electron chi connectivity index (χ2n) is 5.33. The van der Waals surface area contributed by atoms with Crippen molar-refractivity contribution in [3.8, 4) is 0 Å². The van der Waals surface area contributed by atoms with Gasteiger partial charge in [0.05, 0.1) is 19.2 Å². The van der Waals surface area contributed by atoms with Crippen molar-refractivity contribution in [2.45, 2.75) is 24.9 Å². The number of amides is 1. The third-order valence-corrected chi connectivity index (χ3v) is 3.72. The highest BCUT2D eigenvalue weighted by molar-refractivity contribution is 5.78. The Morgan fingerprint density at radius 2 is 2.00 bits per heavy atom. The van der Waals surface area contributed by atoms with Crippen molar-refractivity contribution in [1.29, 1.82) is 0 Å². The van der Waals surface area contributed by atoms with Crippen LogP contribution in [0.3, 0.4) is 0 Å². The average molecular weight is 277 g/mol. The van der Waals surface area contributed by atoms with Gasteiger partial charge in [0, 0.05) is 19.1 Å². The SMILES string of the molecule is NC1CCN(CC(=O)NC(CO)c2ccccc2)CC1. The molecule has 110 valence electrons. The molecule has 5 nitrogen and oxygen atoms in total. The van der Waals surface area contributed by atoms with Crippen molar-refractivity contribution < 1.29 is 9.90 Å². The van der Waals surface area contributed by atoms with E-state index < -0.39 is 0 Å². The Bertz CT molecular complexity index is 416. The molecule has 0 bridgehead atoms. The number of piperidine rings is 1. The van der Waals surface area contributed by atoms with Gasteiger partial charge >= 0.3 is 0 Å². The highest BCUT2D eigenvalue weighted by atomic mass is 16.3. The number of aliphatic hydroxyl groups excluding tert-OH is 1. The zero-order valence-electron chi connectivity index (χ0n) is 11.7. The smallest absolute Gasteiger partial charge is 0.234 e. The van der Waals surface area contributed by atoms with Crippen LogP contribution in [-0.4, -0.2) is 48.2 Å². The van der Waals surface area contributed by atoms with Crippen molar-refractivity contribution in [1.82, 2.24) is 10.2 Å². The maximum atomic E-state index is 12.0. The molecule has 4 N–H and O–H groups in total. The van der Waals surface area contributed by atoms with Crippen LogP contribution in [-0.2, 0) is 4.79 Å². The van der Waals surface area contributed by atoms with Gasteiger partial charge in [0.15, 0.2) is 0 Å². The lowest BCUT2D eigenvalue weighted by atomic mass is 10.1. The summed E-state index contributed by atoms with van der Waals surface area (Å²) in [4.78, 5) is 14.1. The molecule has 1 aliphatic heterocycles. The first-order valence-electron chi connectivity index (χ1n) is 7.12. The lowest BCUT2D eigenvalue weighted by Crippen LogP contribution is -2.45. The van der Waals surface area contributed by atoms with Crippen LogP contribution in [0, 0.1) is 0 Å². The number of benzene rings is 1. The van der Waals surface area contributed by atoms with Crippen LogP contribution in [0.2, 0.25) is 0 Å². The van der Waals surface area contributed by atoms with Gasteiger partial charge in [-0.05, 0) is 18.4 Å². The van der Waals surface area contributed by atoms with E-state index in [1.54, 1.807) is 0 Å². The first-order valence-corrected chi connectivity index (χ1v) is 7.12. The predicted molar refractivity (Wildman–Crippen MR) is 78.1 cm³/mol. The van der Waals surface area contributed by atoms with Crippen molar-refractivity contribution in [2.75, 3.05) is 26.2 Å². The Labute approximate surface area is 119 Å². The third-order valence-electron chi connectivity index (χ3n) is 3.72. The fraction of sp³-hybridized carbons (Fsp3) is 0.533. The van der Waals surface area contributed by atoms with Gasteiger partial charge in [-0.15, -0.1) is 0 Å². The van der Waals surface area contributed by atoms with E-state index in [-0.39, 0.29) is 24.6 Å². The van der Waals surface area contributed by atoms with Gasteiger partial charge in [-0.25, -0.2) is 0 Å². The van der Waals surface area contributed by atoms with Crippen LogP contribution in [0.5, 0.6) is 0 Å². The molecule has 1 amide bonds. The van der Waals surface area contributed by atoms with Crippen LogP contribution in [0.4, 0.5) is 0 Å². The van der Waals surface area contributed by atoms with E-state index in [1.165, 1.54) is 0 Å². The molecule has 1 saturated heterocycles. The standard InChI is InChI=1S/C15H23N3O2/c16-13-6-8-18(9-7-13)10-15(20)17-14(11-19)12-4-2-1-3-5-12/h1-5,13-14,19H,6-11,16H2,(H,17,20). The summed E-state index contributed by atoms with van der Waals surface area (Å²) in [5.41, 5.74) is 6.77. The Morgan fingerprint density at radius 1 is 1.35 bits per heavy atom. The van der Waals surface area contributed by atoms with Crippen LogP contribution in [0.1, 0.15) is 24.4 Å². The maximum absolute atomic E-state index is 12.0. The van der Waals surface area contributed by atoms with E-state index in [0.717, 1.165) is 31.5 Å². The number of carbonyl (C=O) groups is 1. The Hall–Kier alpha value is -1.43. The minimum atomic E-state index is -0.337. The molecule has 1 aromatic rings. The molecule has 1 atom stereocenters. The highest BCUT2D eigenvalue weighted by Gasteiger charge is 2.20. The summed E-state index contributed by atoms with van der Waals surface area (Å²) in [6, 6.07) is 9.45. The van der Waals surface area contributed by atoms with E-state index in [1.807, 2.05) is 30.3 Å². The zero-order chi connectivity index (χ0) is 14.4. The van der Waals surface area contributed by atoms with Crippen molar-refractivity contribution in [2.24, 2.45) is 5.73 Å². The first kappa shape index (κ1) is 15.0. The van der Waals surface area contributed by atoms with Gasteiger partial charge in [-0.3, -0.25) is 9.69 Å². The highest BCUT2D eigenvalue weighted by Crippen LogP contribution is 2.12. The van der Waals surface area contributed by atoms with E-state index >= 15 is 0 Å². The predicted octanol–water partition coefficient (Wildman–Crippen LogP) is 0.259. The van der Waals surface area contributed by atoms with Crippen molar-refractivity contribution in [3.05, 3.63) is 35.9 Å². The minimum Gasteiger partial charge on any atom is -0.394 e. The first-order chi connectivity index (χ1) is 9.69. The fourth-order valence-corrected chi connectivity index (χ4v) is 2.47. The number of rotatable bonds is 5. The van der Waals surface area contributed by atoms with Gasteiger partial charge in [-0.1, -0.05) is 30.3 Å². The Kier molecular flexibility index (Phi) is 5.52. The minimum absolute atomic E-state index is 0.0524. The van der Waals surface area contributed by atoms with Gasteiger partial charge < -0.3 is 16.2 Å². The number of hydrogen-bond donors (Lipinski definition) is 3. The lowest BCUT2D eigenvalue weighted by Gasteiger charge is -2.30. The monoisotopic (exact) mass is 277 g/mol. The van der Waals surface area contributed by atoms with E-state index in [2.05, 4.69) is 10.2 Å². The Morgan fingerprint density at radius 3 is 2.60 bits per heavy atom.